The fourth-order valence-corrected chi connectivity index (χ4v) is 2.55. The number of rotatable bonds is 6. The molecule has 0 aliphatic carbocycles. The van der Waals surface area contributed by atoms with Crippen molar-refractivity contribution < 1.29 is 14.3 Å². The SMILES string of the molecule is CCOc1ccccc1NC(=O)COc1cc(C)ccc1C(C)(C)C. The van der Waals surface area contributed by atoms with E-state index in [1.54, 1.807) is 0 Å². The lowest BCUT2D eigenvalue weighted by Crippen LogP contribution is -2.22. The first-order valence-electron chi connectivity index (χ1n) is 8.57. The molecule has 0 heterocycles. The molecule has 134 valence electrons. The summed E-state index contributed by atoms with van der Waals surface area (Å²) in [6.07, 6.45) is 0. The monoisotopic (exact) mass is 341 g/mol. The average Bonchev–Trinajstić information content (AvgIpc) is 2.54. The van der Waals surface area contributed by atoms with Gasteiger partial charge in [0.05, 0.1) is 12.3 Å². The lowest BCUT2D eigenvalue weighted by molar-refractivity contribution is -0.118. The van der Waals surface area contributed by atoms with E-state index in [2.05, 4.69) is 38.2 Å². The Morgan fingerprint density at radius 3 is 2.44 bits per heavy atom. The summed E-state index contributed by atoms with van der Waals surface area (Å²) < 4.78 is 11.4. The fourth-order valence-electron chi connectivity index (χ4n) is 2.55. The van der Waals surface area contributed by atoms with E-state index >= 15 is 0 Å². The van der Waals surface area contributed by atoms with Crippen molar-refractivity contribution in [3.8, 4) is 11.5 Å². The maximum Gasteiger partial charge on any atom is 0.262 e. The van der Waals surface area contributed by atoms with Gasteiger partial charge >= 0.3 is 0 Å². The normalized spacial score (nSPS) is 11.1. The third-order valence-electron chi connectivity index (χ3n) is 3.76. The van der Waals surface area contributed by atoms with E-state index in [1.165, 1.54) is 0 Å². The highest BCUT2D eigenvalue weighted by molar-refractivity contribution is 5.93. The molecule has 1 N–H and O–H groups in total. The van der Waals surface area contributed by atoms with Crippen LogP contribution in [0.2, 0.25) is 0 Å². The molecule has 0 saturated carbocycles. The van der Waals surface area contributed by atoms with Gasteiger partial charge in [0.2, 0.25) is 0 Å². The second-order valence-corrected chi connectivity index (χ2v) is 7.02. The summed E-state index contributed by atoms with van der Waals surface area (Å²) in [7, 11) is 0. The highest BCUT2D eigenvalue weighted by atomic mass is 16.5. The standard InChI is InChI=1S/C21H27NO3/c1-6-24-18-10-8-7-9-17(18)22-20(23)14-25-19-13-15(2)11-12-16(19)21(3,4)5/h7-13H,6,14H2,1-5H3,(H,22,23). The molecule has 25 heavy (non-hydrogen) atoms. The Bertz CT molecular complexity index is 732. The van der Waals surface area contributed by atoms with E-state index in [0.717, 1.165) is 16.9 Å². The molecule has 4 nitrogen and oxygen atoms in total. The fraction of sp³-hybridized carbons (Fsp3) is 0.381. The van der Waals surface area contributed by atoms with Crippen LogP contribution in [0.15, 0.2) is 42.5 Å². The lowest BCUT2D eigenvalue weighted by atomic mass is 9.86. The number of amides is 1. The number of carbonyl (C=O) groups is 1. The van der Waals surface area contributed by atoms with Gasteiger partial charge in [-0.2, -0.15) is 0 Å². The van der Waals surface area contributed by atoms with Gasteiger partial charge in [0.1, 0.15) is 11.5 Å². The zero-order chi connectivity index (χ0) is 18.4. The summed E-state index contributed by atoms with van der Waals surface area (Å²) >= 11 is 0. The molecule has 0 aliphatic heterocycles. The van der Waals surface area contributed by atoms with Crippen molar-refractivity contribution in [1.29, 1.82) is 0 Å². The number of para-hydroxylation sites is 2. The number of hydrogen-bond donors (Lipinski definition) is 1. The quantitative estimate of drug-likeness (QED) is 0.828. The number of ether oxygens (including phenoxy) is 2. The van der Waals surface area contributed by atoms with Crippen LogP contribution in [0, 0.1) is 6.92 Å². The van der Waals surface area contributed by atoms with E-state index in [-0.39, 0.29) is 17.9 Å². The van der Waals surface area contributed by atoms with Gasteiger partial charge < -0.3 is 14.8 Å². The maximum atomic E-state index is 12.3. The summed E-state index contributed by atoms with van der Waals surface area (Å²) in [6.45, 7) is 10.8. The molecule has 0 aliphatic rings. The summed E-state index contributed by atoms with van der Waals surface area (Å²) in [5.41, 5.74) is 2.78. The molecule has 0 bridgehead atoms. The Balaban J connectivity index is 2.07. The molecule has 0 spiro atoms. The minimum Gasteiger partial charge on any atom is -0.492 e. The highest BCUT2D eigenvalue weighted by Crippen LogP contribution is 2.32. The lowest BCUT2D eigenvalue weighted by Gasteiger charge is -2.23. The smallest absolute Gasteiger partial charge is 0.262 e. The van der Waals surface area contributed by atoms with Crippen molar-refractivity contribution in [3.05, 3.63) is 53.6 Å². The zero-order valence-electron chi connectivity index (χ0n) is 15.7. The van der Waals surface area contributed by atoms with Crippen LogP contribution in [0.3, 0.4) is 0 Å². The number of benzene rings is 2. The maximum absolute atomic E-state index is 12.3. The predicted molar refractivity (Wildman–Crippen MR) is 102 cm³/mol. The second kappa shape index (κ2) is 8.06. The van der Waals surface area contributed by atoms with Gasteiger partial charge in [0.15, 0.2) is 6.61 Å². The number of carbonyl (C=O) groups excluding carboxylic acids is 1. The largest absolute Gasteiger partial charge is 0.492 e. The molecular weight excluding hydrogens is 314 g/mol. The molecule has 2 rings (SSSR count). The van der Waals surface area contributed by atoms with Crippen LogP contribution in [0.4, 0.5) is 5.69 Å². The molecule has 1 amide bonds. The number of hydrogen-bond acceptors (Lipinski definition) is 3. The van der Waals surface area contributed by atoms with Crippen molar-refractivity contribution in [1.82, 2.24) is 0 Å². The van der Waals surface area contributed by atoms with Crippen LogP contribution in [0.5, 0.6) is 11.5 Å². The first kappa shape index (κ1) is 18.8. The van der Waals surface area contributed by atoms with Crippen LogP contribution in [-0.2, 0) is 10.2 Å². The molecule has 4 heteroatoms. The van der Waals surface area contributed by atoms with Crippen molar-refractivity contribution >= 4 is 11.6 Å². The molecule has 0 atom stereocenters. The first-order valence-corrected chi connectivity index (χ1v) is 8.57. The third-order valence-corrected chi connectivity index (χ3v) is 3.76. The molecule has 2 aromatic carbocycles. The van der Waals surface area contributed by atoms with Gasteiger partial charge in [-0.05, 0) is 48.6 Å². The molecule has 0 saturated heterocycles. The summed E-state index contributed by atoms with van der Waals surface area (Å²) in [4.78, 5) is 12.3. The van der Waals surface area contributed by atoms with Crippen molar-refractivity contribution in [3.63, 3.8) is 0 Å². The van der Waals surface area contributed by atoms with Crippen LogP contribution < -0.4 is 14.8 Å². The minimum atomic E-state index is -0.214. The van der Waals surface area contributed by atoms with Gasteiger partial charge in [-0.15, -0.1) is 0 Å². The number of nitrogens with one attached hydrogen (secondary N) is 1. The number of aryl methyl sites for hydroxylation is 1. The van der Waals surface area contributed by atoms with Gasteiger partial charge in [-0.1, -0.05) is 45.0 Å². The van der Waals surface area contributed by atoms with Crippen molar-refractivity contribution in [2.24, 2.45) is 0 Å². The predicted octanol–water partition coefficient (Wildman–Crippen LogP) is 4.71. The molecule has 0 radical (unpaired) electrons. The Kier molecular flexibility index (Phi) is 6.07. The zero-order valence-corrected chi connectivity index (χ0v) is 15.7. The van der Waals surface area contributed by atoms with Crippen molar-refractivity contribution in [2.45, 2.75) is 40.0 Å². The molecule has 2 aromatic rings. The van der Waals surface area contributed by atoms with E-state index in [0.29, 0.717) is 18.0 Å². The first-order chi connectivity index (χ1) is 11.8. The Labute approximate surface area is 150 Å². The Morgan fingerprint density at radius 2 is 1.76 bits per heavy atom. The van der Waals surface area contributed by atoms with Gasteiger partial charge in [-0.3, -0.25) is 4.79 Å². The van der Waals surface area contributed by atoms with E-state index < -0.39 is 0 Å². The van der Waals surface area contributed by atoms with Gasteiger partial charge in [0.25, 0.3) is 5.91 Å². The van der Waals surface area contributed by atoms with E-state index in [1.807, 2.05) is 44.2 Å². The van der Waals surface area contributed by atoms with Crippen LogP contribution in [0.25, 0.3) is 0 Å². The van der Waals surface area contributed by atoms with Gasteiger partial charge in [-0.25, -0.2) is 0 Å². The molecular formula is C21H27NO3. The Morgan fingerprint density at radius 1 is 1.04 bits per heavy atom. The van der Waals surface area contributed by atoms with Crippen LogP contribution >= 0.6 is 0 Å². The molecule has 0 fully saturated rings. The van der Waals surface area contributed by atoms with Crippen molar-refractivity contribution in [2.75, 3.05) is 18.5 Å². The molecule has 0 aromatic heterocycles. The van der Waals surface area contributed by atoms with Crippen LogP contribution in [-0.4, -0.2) is 19.1 Å². The minimum absolute atomic E-state index is 0.0486. The summed E-state index contributed by atoms with van der Waals surface area (Å²) in [6, 6.07) is 13.5. The van der Waals surface area contributed by atoms with E-state index in [4.69, 9.17) is 9.47 Å². The average molecular weight is 341 g/mol. The Hall–Kier alpha value is -2.49. The van der Waals surface area contributed by atoms with Crippen LogP contribution in [0.1, 0.15) is 38.8 Å². The van der Waals surface area contributed by atoms with Gasteiger partial charge in [0, 0.05) is 0 Å². The second-order valence-electron chi connectivity index (χ2n) is 7.02. The highest BCUT2D eigenvalue weighted by Gasteiger charge is 2.19. The third kappa shape index (κ3) is 5.24. The number of anilines is 1. The topological polar surface area (TPSA) is 47.6 Å². The molecule has 0 unspecified atom stereocenters. The summed E-state index contributed by atoms with van der Waals surface area (Å²) in [5, 5.41) is 2.85. The van der Waals surface area contributed by atoms with E-state index in [9.17, 15) is 4.79 Å². The summed E-state index contributed by atoms with van der Waals surface area (Å²) in [5.74, 6) is 1.19.